The SMILES string of the molecule is COc1ccc2cc(NC3CC(C)(C)NC(C)(C)C3)c(=O)n3c2c1OCCCCC3. The number of hydrogen-bond donors (Lipinski definition) is 2. The molecule has 2 aromatic rings. The number of methoxy groups -OCH3 is 1. The Morgan fingerprint density at radius 1 is 1.13 bits per heavy atom. The van der Waals surface area contributed by atoms with Crippen LogP contribution in [0.1, 0.15) is 59.8 Å². The molecule has 0 atom stereocenters. The van der Waals surface area contributed by atoms with Crippen LogP contribution in [-0.2, 0) is 6.54 Å². The minimum Gasteiger partial charge on any atom is -0.493 e. The fraction of sp³-hybridized carbons (Fsp3) is 0.625. The fourth-order valence-corrected chi connectivity index (χ4v) is 5.41. The summed E-state index contributed by atoms with van der Waals surface area (Å²) in [7, 11) is 1.65. The highest BCUT2D eigenvalue weighted by molar-refractivity contribution is 5.90. The Hall–Kier alpha value is -2.21. The second kappa shape index (κ2) is 7.80. The molecule has 1 aromatic heterocycles. The van der Waals surface area contributed by atoms with Crippen molar-refractivity contribution >= 4 is 16.6 Å². The zero-order valence-corrected chi connectivity index (χ0v) is 18.9. The molecule has 0 amide bonds. The number of nitrogens with zero attached hydrogens (tertiary/aromatic N) is 1. The number of anilines is 1. The van der Waals surface area contributed by atoms with Crippen LogP contribution in [0.3, 0.4) is 0 Å². The lowest BCUT2D eigenvalue weighted by molar-refractivity contribution is 0.170. The molecule has 4 rings (SSSR count). The van der Waals surface area contributed by atoms with Gasteiger partial charge in [0, 0.05) is 29.1 Å². The van der Waals surface area contributed by atoms with E-state index in [0.717, 1.165) is 43.0 Å². The largest absolute Gasteiger partial charge is 0.493 e. The standard InChI is InChI=1S/C24H35N3O3/c1-23(2)14-17(15-24(3,4)26-23)25-18-13-16-9-10-19(29-5)21-20(16)27(22(18)28)11-7-6-8-12-30-21/h9-10,13,17,25-26H,6-8,11-12,14-15H2,1-5H3. The Bertz CT molecular complexity index is 977. The molecule has 0 unspecified atom stereocenters. The molecule has 164 valence electrons. The van der Waals surface area contributed by atoms with Gasteiger partial charge in [-0.3, -0.25) is 4.79 Å². The predicted molar refractivity (Wildman–Crippen MR) is 122 cm³/mol. The molecule has 1 saturated heterocycles. The third-order valence-corrected chi connectivity index (χ3v) is 6.21. The maximum absolute atomic E-state index is 13.6. The van der Waals surface area contributed by atoms with Crippen LogP contribution in [0, 0.1) is 0 Å². The third-order valence-electron chi connectivity index (χ3n) is 6.21. The summed E-state index contributed by atoms with van der Waals surface area (Å²) in [6.07, 6.45) is 4.91. The Kier molecular flexibility index (Phi) is 5.47. The van der Waals surface area contributed by atoms with Crippen LogP contribution in [0.25, 0.3) is 10.9 Å². The lowest BCUT2D eigenvalue weighted by atomic mass is 9.79. The van der Waals surface area contributed by atoms with Crippen LogP contribution in [0.5, 0.6) is 11.5 Å². The Morgan fingerprint density at radius 3 is 2.57 bits per heavy atom. The number of hydrogen-bond acceptors (Lipinski definition) is 5. The number of piperidine rings is 1. The number of aryl methyl sites for hydroxylation is 1. The Morgan fingerprint density at radius 2 is 1.87 bits per heavy atom. The molecule has 6 nitrogen and oxygen atoms in total. The maximum atomic E-state index is 13.6. The smallest absolute Gasteiger partial charge is 0.274 e. The zero-order valence-electron chi connectivity index (χ0n) is 18.9. The van der Waals surface area contributed by atoms with Gasteiger partial charge in [0.05, 0.1) is 19.2 Å². The normalized spacial score (nSPS) is 21.2. The van der Waals surface area contributed by atoms with Gasteiger partial charge in [0.1, 0.15) is 5.69 Å². The highest BCUT2D eigenvalue weighted by atomic mass is 16.5. The summed E-state index contributed by atoms with van der Waals surface area (Å²) in [5, 5.41) is 8.32. The third kappa shape index (κ3) is 4.15. The molecule has 0 aliphatic carbocycles. The van der Waals surface area contributed by atoms with Crippen molar-refractivity contribution in [2.24, 2.45) is 0 Å². The van der Waals surface area contributed by atoms with Crippen LogP contribution in [0.4, 0.5) is 5.69 Å². The second-order valence-corrected chi connectivity index (χ2v) is 10.1. The molecule has 30 heavy (non-hydrogen) atoms. The lowest BCUT2D eigenvalue weighted by Gasteiger charge is -2.46. The Labute approximate surface area is 178 Å². The minimum absolute atomic E-state index is 0.0163. The molecule has 2 aliphatic heterocycles. The molecule has 0 bridgehead atoms. The van der Waals surface area contributed by atoms with Crippen molar-refractivity contribution in [3.8, 4) is 11.5 Å². The van der Waals surface area contributed by atoms with E-state index < -0.39 is 0 Å². The van der Waals surface area contributed by atoms with E-state index in [9.17, 15) is 4.79 Å². The molecule has 2 aliphatic rings. The fourth-order valence-electron chi connectivity index (χ4n) is 5.41. The molecule has 1 aromatic carbocycles. The van der Waals surface area contributed by atoms with Gasteiger partial charge in [-0.1, -0.05) is 0 Å². The molecule has 0 spiro atoms. The Balaban J connectivity index is 1.79. The van der Waals surface area contributed by atoms with Crippen LogP contribution in [0.15, 0.2) is 23.0 Å². The van der Waals surface area contributed by atoms with Crippen LogP contribution in [0.2, 0.25) is 0 Å². The molecule has 3 heterocycles. The average Bonchev–Trinajstić information content (AvgIpc) is 2.74. The van der Waals surface area contributed by atoms with Gasteiger partial charge in [-0.25, -0.2) is 0 Å². The van der Waals surface area contributed by atoms with E-state index in [1.165, 1.54) is 0 Å². The van der Waals surface area contributed by atoms with Gasteiger partial charge >= 0.3 is 0 Å². The molecule has 1 fully saturated rings. The van der Waals surface area contributed by atoms with Crippen molar-refractivity contribution in [2.45, 2.75) is 83.5 Å². The number of aromatic nitrogens is 1. The number of rotatable bonds is 3. The zero-order chi connectivity index (χ0) is 21.5. The molecular formula is C24H35N3O3. The van der Waals surface area contributed by atoms with E-state index in [1.54, 1.807) is 7.11 Å². The van der Waals surface area contributed by atoms with Gasteiger partial charge in [-0.15, -0.1) is 0 Å². The molecular weight excluding hydrogens is 378 g/mol. The topological polar surface area (TPSA) is 64.5 Å². The minimum atomic E-state index is 0.0163. The molecule has 2 N–H and O–H groups in total. The summed E-state index contributed by atoms with van der Waals surface area (Å²) < 4.78 is 13.5. The van der Waals surface area contributed by atoms with E-state index in [2.05, 4.69) is 38.3 Å². The average molecular weight is 414 g/mol. The monoisotopic (exact) mass is 413 g/mol. The second-order valence-electron chi connectivity index (χ2n) is 10.1. The summed E-state index contributed by atoms with van der Waals surface area (Å²) >= 11 is 0. The summed E-state index contributed by atoms with van der Waals surface area (Å²) in [5.74, 6) is 1.37. The van der Waals surface area contributed by atoms with E-state index in [0.29, 0.717) is 30.3 Å². The lowest BCUT2D eigenvalue weighted by Crippen LogP contribution is -2.60. The van der Waals surface area contributed by atoms with Crippen LogP contribution in [-0.4, -0.2) is 35.4 Å². The van der Waals surface area contributed by atoms with Gasteiger partial charge in [-0.2, -0.15) is 0 Å². The van der Waals surface area contributed by atoms with Gasteiger partial charge in [0.25, 0.3) is 5.56 Å². The molecule has 0 saturated carbocycles. The van der Waals surface area contributed by atoms with Gasteiger partial charge in [0.15, 0.2) is 11.5 Å². The highest BCUT2D eigenvalue weighted by Gasteiger charge is 2.38. The van der Waals surface area contributed by atoms with Gasteiger partial charge in [-0.05, 0) is 78.0 Å². The molecule has 0 radical (unpaired) electrons. The first-order chi connectivity index (χ1) is 14.2. The number of ether oxygens (including phenoxy) is 2. The van der Waals surface area contributed by atoms with Crippen molar-refractivity contribution in [2.75, 3.05) is 19.0 Å². The van der Waals surface area contributed by atoms with Crippen LogP contribution >= 0.6 is 0 Å². The summed E-state index contributed by atoms with van der Waals surface area (Å²) in [6.45, 7) is 10.2. The van der Waals surface area contributed by atoms with Gasteiger partial charge < -0.3 is 24.7 Å². The number of nitrogens with one attached hydrogen (secondary N) is 2. The van der Waals surface area contributed by atoms with Gasteiger partial charge in [0.2, 0.25) is 0 Å². The quantitative estimate of drug-likeness (QED) is 0.786. The highest BCUT2D eigenvalue weighted by Crippen LogP contribution is 2.37. The number of pyridine rings is 1. The van der Waals surface area contributed by atoms with Crippen LogP contribution < -0.4 is 25.7 Å². The first kappa shape index (κ1) is 21.0. The van der Waals surface area contributed by atoms with Crippen molar-refractivity contribution in [1.29, 1.82) is 0 Å². The maximum Gasteiger partial charge on any atom is 0.274 e. The van der Waals surface area contributed by atoms with E-state index in [-0.39, 0.29) is 22.7 Å². The van der Waals surface area contributed by atoms with E-state index in [4.69, 9.17) is 9.47 Å². The first-order valence-electron chi connectivity index (χ1n) is 11.1. The first-order valence-corrected chi connectivity index (χ1v) is 11.1. The molecule has 6 heteroatoms. The van der Waals surface area contributed by atoms with E-state index >= 15 is 0 Å². The predicted octanol–water partition coefficient (Wildman–Crippen LogP) is 4.29. The number of benzene rings is 1. The summed E-state index contributed by atoms with van der Waals surface area (Å²) in [5.41, 5.74) is 1.58. The van der Waals surface area contributed by atoms with Crippen molar-refractivity contribution in [1.82, 2.24) is 9.88 Å². The van der Waals surface area contributed by atoms with Crippen molar-refractivity contribution < 1.29 is 9.47 Å². The van der Waals surface area contributed by atoms with E-state index in [1.807, 2.05) is 22.8 Å². The summed E-state index contributed by atoms with van der Waals surface area (Å²) in [6, 6.07) is 6.18. The van der Waals surface area contributed by atoms with Crippen molar-refractivity contribution in [3.05, 3.63) is 28.6 Å². The summed E-state index contributed by atoms with van der Waals surface area (Å²) in [4.78, 5) is 13.6. The van der Waals surface area contributed by atoms with Crippen molar-refractivity contribution in [3.63, 3.8) is 0 Å².